The van der Waals surface area contributed by atoms with Gasteiger partial charge in [0.1, 0.15) is 29.8 Å². The summed E-state index contributed by atoms with van der Waals surface area (Å²) in [5, 5.41) is 21.8. The number of ether oxygens (including phenoxy) is 1. The highest BCUT2D eigenvalue weighted by atomic mass is 16.5. The van der Waals surface area contributed by atoms with E-state index in [4.69, 9.17) is 21.0 Å². The topological polar surface area (TPSA) is 101 Å². The van der Waals surface area contributed by atoms with Crippen LogP contribution in [-0.2, 0) is 13.0 Å². The van der Waals surface area contributed by atoms with Crippen LogP contribution in [0.2, 0.25) is 0 Å². The zero-order valence-corrected chi connectivity index (χ0v) is 11.7. The molecule has 0 atom stereocenters. The van der Waals surface area contributed by atoms with E-state index >= 15 is 0 Å². The van der Waals surface area contributed by atoms with Crippen molar-refractivity contribution in [2.45, 2.75) is 19.9 Å². The summed E-state index contributed by atoms with van der Waals surface area (Å²) in [6.07, 6.45) is 0.389. The van der Waals surface area contributed by atoms with Crippen molar-refractivity contribution in [2.75, 3.05) is 12.3 Å². The molecule has 6 nitrogen and oxygen atoms in total. The summed E-state index contributed by atoms with van der Waals surface area (Å²) < 4.78 is 7.17. The van der Waals surface area contributed by atoms with E-state index in [2.05, 4.69) is 11.2 Å². The molecule has 0 aliphatic heterocycles. The van der Waals surface area contributed by atoms with Gasteiger partial charge in [-0.1, -0.05) is 12.1 Å². The molecule has 21 heavy (non-hydrogen) atoms. The van der Waals surface area contributed by atoms with Crippen LogP contribution in [0.3, 0.4) is 0 Å². The van der Waals surface area contributed by atoms with E-state index in [0.717, 1.165) is 11.3 Å². The van der Waals surface area contributed by atoms with E-state index in [0.29, 0.717) is 36.6 Å². The third-order valence-electron chi connectivity index (χ3n) is 3.06. The maximum atomic E-state index is 8.95. The highest BCUT2D eigenvalue weighted by Gasteiger charge is 2.11. The van der Waals surface area contributed by atoms with Crippen molar-refractivity contribution in [3.8, 4) is 17.9 Å². The second kappa shape index (κ2) is 6.44. The summed E-state index contributed by atoms with van der Waals surface area (Å²) in [6, 6.07) is 11.5. The van der Waals surface area contributed by atoms with Crippen LogP contribution < -0.4 is 10.5 Å². The zero-order chi connectivity index (χ0) is 15.2. The lowest BCUT2D eigenvalue weighted by Crippen LogP contribution is -2.12. The summed E-state index contributed by atoms with van der Waals surface area (Å²) in [5.41, 5.74) is 7.83. The van der Waals surface area contributed by atoms with Gasteiger partial charge in [-0.25, -0.2) is 4.68 Å². The average Bonchev–Trinajstić information content (AvgIpc) is 2.75. The number of aryl methyl sites for hydroxylation is 1. The van der Waals surface area contributed by atoms with Gasteiger partial charge < -0.3 is 10.5 Å². The van der Waals surface area contributed by atoms with Crippen molar-refractivity contribution in [1.29, 1.82) is 10.5 Å². The van der Waals surface area contributed by atoms with Crippen molar-refractivity contribution in [2.24, 2.45) is 0 Å². The molecule has 0 unspecified atom stereocenters. The third kappa shape index (κ3) is 3.31. The molecule has 0 bridgehead atoms. The summed E-state index contributed by atoms with van der Waals surface area (Å²) in [4.78, 5) is 0. The number of hydrogen-bond donors (Lipinski definition) is 1. The van der Waals surface area contributed by atoms with Crippen LogP contribution in [0.1, 0.15) is 16.8 Å². The van der Waals surface area contributed by atoms with Crippen LogP contribution in [-0.4, -0.2) is 16.4 Å². The number of nitrogen functional groups attached to an aromatic ring is 1. The lowest BCUT2D eigenvalue weighted by molar-refractivity contribution is 0.292. The highest BCUT2D eigenvalue weighted by Crippen LogP contribution is 2.15. The molecule has 2 aromatic rings. The molecule has 0 saturated carbocycles. The van der Waals surface area contributed by atoms with Gasteiger partial charge in [0.2, 0.25) is 0 Å². The zero-order valence-electron chi connectivity index (χ0n) is 11.7. The molecule has 0 aliphatic carbocycles. The van der Waals surface area contributed by atoms with Gasteiger partial charge in [0.05, 0.1) is 24.7 Å². The lowest BCUT2D eigenvalue weighted by atomic mass is 10.2. The predicted octanol–water partition coefficient (Wildman–Crippen LogP) is 1.79. The predicted molar refractivity (Wildman–Crippen MR) is 77.3 cm³/mol. The molecule has 1 aromatic heterocycles. The van der Waals surface area contributed by atoms with Crippen molar-refractivity contribution >= 4 is 5.82 Å². The van der Waals surface area contributed by atoms with E-state index in [9.17, 15) is 0 Å². The van der Waals surface area contributed by atoms with Crippen LogP contribution in [0.15, 0.2) is 24.3 Å². The highest BCUT2D eigenvalue weighted by molar-refractivity contribution is 5.51. The van der Waals surface area contributed by atoms with E-state index in [-0.39, 0.29) is 0 Å². The number of anilines is 1. The minimum absolute atomic E-state index is 0.364. The van der Waals surface area contributed by atoms with Crippen LogP contribution in [0.25, 0.3) is 0 Å². The van der Waals surface area contributed by atoms with E-state index in [1.807, 2.05) is 30.3 Å². The molecule has 0 amide bonds. The Morgan fingerprint density at radius 2 is 2.00 bits per heavy atom. The molecule has 0 aliphatic rings. The first-order chi connectivity index (χ1) is 10.2. The third-order valence-corrected chi connectivity index (χ3v) is 3.06. The Balaban J connectivity index is 1.93. The summed E-state index contributed by atoms with van der Waals surface area (Å²) >= 11 is 0. The molecule has 0 radical (unpaired) electrons. The molecule has 2 N–H and O–H groups in total. The normalized spacial score (nSPS) is 9.86. The summed E-state index contributed by atoms with van der Waals surface area (Å²) in [5.74, 6) is 1.09. The van der Waals surface area contributed by atoms with Gasteiger partial charge in [0, 0.05) is 0 Å². The fraction of sp³-hybridized carbons (Fsp3) is 0.267. The number of nitriles is 2. The Morgan fingerprint density at radius 1 is 1.29 bits per heavy atom. The molecule has 0 spiro atoms. The second-order valence-electron chi connectivity index (χ2n) is 4.51. The first-order valence-electron chi connectivity index (χ1n) is 6.47. The first-order valence-corrected chi connectivity index (χ1v) is 6.47. The lowest BCUT2D eigenvalue weighted by Gasteiger charge is -2.07. The molecule has 1 aromatic carbocycles. The van der Waals surface area contributed by atoms with Crippen molar-refractivity contribution in [3.05, 3.63) is 41.1 Å². The number of aromatic nitrogens is 2. The number of benzene rings is 1. The minimum atomic E-state index is 0.364. The minimum Gasteiger partial charge on any atom is -0.492 e. The SMILES string of the molecule is Cc1nn(CCOc2ccc(CC#N)cc2)c(N)c1C#N. The molecule has 0 fully saturated rings. The number of rotatable bonds is 5. The fourth-order valence-corrected chi connectivity index (χ4v) is 1.95. The van der Waals surface area contributed by atoms with Crippen LogP contribution in [0.5, 0.6) is 5.75 Å². The Bertz CT molecular complexity index is 703. The number of hydrogen-bond acceptors (Lipinski definition) is 5. The van der Waals surface area contributed by atoms with E-state index in [1.165, 1.54) is 0 Å². The molecule has 6 heteroatoms. The van der Waals surface area contributed by atoms with Crippen LogP contribution in [0, 0.1) is 29.6 Å². The van der Waals surface area contributed by atoms with Crippen molar-refractivity contribution in [3.63, 3.8) is 0 Å². The maximum absolute atomic E-state index is 8.95. The quantitative estimate of drug-likeness (QED) is 0.900. The molecule has 2 rings (SSSR count). The second-order valence-corrected chi connectivity index (χ2v) is 4.51. The number of nitrogens with two attached hydrogens (primary N) is 1. The van der Waals surface area contributed by atoms with Crippen molar-refractivity contribution in [1.82, 2.24) is 9.78 Å². The first kappa shape index (κ1) is 14.4. The number of nitrogens with zero attached hydrogens (tertiary/aromatic N) is 4. The Kier molecular flexibility index (Phi) is 4.43. The van der Waals surface area contributed by atoms with Gasteiger partial charge in [-0.15, -0.1) is 0 Å². The van der Waals surface area contributed by atoms with Crippen molar-refractivity contribution < 1.29 is 4.74 Å². The van der Waals surface area contributed by atoms with Gasteiger partial charge in [0.25, 0.3) is 0 Å². The molecular weight excluding hydrogens is 266 g/mol. The van der Waals surface area contributed by atoms with Gasteiger partial charge in [-0.2, -0.15) is 15.6 Å². The molecular formula is C15H15N5O. The molecule has 0 saturated heterocycles. The smallest absolute Gasteiger partial charge is 0.140 e. The summed E-state index contributed by atoms with van der Waals surface area (Å²) in [7, 11) is 0. The average molecular weight is 281 g/mol. The Hall–Kier alpha value is -2.99. The van der Waals surface area contributed by atoms with Crippen LogP contribution in [0.4, 0.5) is 5.82 Å². The summed E-state index contributed by atoms with van der Waals surface area (Å²) in [6.45, 7) is 2.61. The largest absolute Gasteiger partial charge is 0.492 e. The van der Waals surface area contributed by atoms with Gasteiger partial charge >= 0.3 is 0 Å². The monoisotopic (exact) mass is 281 g/mol. The van der Waals surface area contributed by atoms with Gasteiger partial charge in [-0.3, -0.25) is 0 Å². The van der Waals surface area contributed by atoms with Gasteiger partial charge in [0.15, 0.2) is 0 Å². The van der Waals surface area contributed by atoms with E-state index in [1.54, 1.807) is 11.6 Å². The maximum Gasteiger partial charge on any atom is 0.140 e. The molecule has 106 valence electrons. The fourth-order valence-electron chi connectivity index (χ4n) is 1.95. The van der Waals surface area contributed by atoms with Crippen LogP contribution >= 0.6 is 0 Å². The van der Waals surface area contributed by atoms with E-state index < -0.39 is 0 Å². The van der Waals surface area contributed by atoms with Gasteiger partial charge in [-0.05, 0) is 24.6 Å². The Labute approximate surface area is 123 Å². The molecule has 1 heterocycles. The standard InChI is InChI=1S/C15H15N5O/c1-11-14(10-17)15(18)20(19-11)8-9-21-13-4-2-12(3-5-13)6-7-16/h2-5H,6,8-9,18H2,1H3. The Morgan fingerprint density at radius 3 is 2.57 bits per heavy atom.